The highest BCUT2D eigenvalue weighted by molar-refractivity contribution is 5.84. The van der Waals surface area contributed by atoms with Crippen LogP contribution in [0, 0.1) is 0 Å². The van der Waals surface area contributed by atoms with E-state index in [1.165, 1.54) is 11.1 Å². The number of carbonyl (C=O) groups excluding carboxylic acids is 1. The van der Waals surface area contributed by atoms with E-state index in [0.717, 1.165) is 48.6 Å². The normalized spacial score (nSPS) is 21.3. The number of Topliss-reactive ketones (excluding diaryl/α,β-unsaturated/α-hetero) is 1. The highest BCUT2D eigenvalue weighted by Gasteiger charge is 2.38. The fourth-order valence-electron chi connectivity index (χ4n) is 5.20. The van der Waals surface area contributed by atoms with Gasteiger partial charge in [0.25, 0.3) is 0 Å². The first-order valence-electron chi connectivity index (χ1n) is 12.3. The van der Waals surface area contributed by atoms with Gasteiger partial charge in [0.15, 0.2) is 0 Å². The summed E-state index contributed by atoms with van der Waals surface area (Å²) in [7, 11) is 0. The molecular weight excluding hydrogens is 422 g/mol. The summed E-state index contributed by atoms with van der Waals surface area (Å²) in [5.74, 6) is 1.12. The summed E-state index contributed by atoms with van der Waals surface area (Å²) in [6, 6.07) is 18.7. The summed E-state index contributed by atoms with van der Waals surface area (Å²) < 4.78 is 6.33. The van der Waals surface area contributed by atoms with Gasteiger partial charge in [-0.2, -0.15) is 0 Å². The van der Waals surface area contributed by atoms with Gasteiger partial charge in [-0.25, -0.2) is 9.97 Å². The largest absolute Gasteiger partial charge is 0.371 e. The van der Waals surface area contributed by atoms with Crippen LogP contribution in [0.25, 0.3) is 11.3 Å². The van der Waals surface area contributed by atoms with Gasteiger partial charge >= 0.3 is 0 Å². The maximum atomic E-state index is 13.5. The number of ketones is 1. The Morgan fingerprint density at radius 3 is 2.65 bits per heavy atom. The quantitative estimate of drug-likeness (QED) is 0.516. The molecule has 0 N–H and O–H groups in total. The second kappa shape index (κ2) is 9.40. The molecule has 0 amide bonds. The molecule has 1 fully saturated rings. The molecule has 2 atom stereocenters. The van der Waals surface area contributed by atoms with Crippen molar-refractivity contribution in [2.75, 3.05) is 6.54 Å². The average molecular weight is 456 g/mol. The van der Waals surface area contributed by atoms with Crippen LogP contribution in [-0.4, -0.2) is 44.9 Å². The Morgan fingerprint density at radius 1 is 1.00 bits per heavy atom. The molecule has 0 spiro atoms. The van der Waals surface area contributed by atoms with Gasteiger partial charge in [-0.15, -0.1) is 0 Å². The number of aromatic nitrogens is 2. The van der Waals surface area contributed by atoms with Gasteiger partial charge in [0, 0.05) is 37.7 Å². The Balaban J connectivity index is 1.53. The predicted molar refractivity (Wildman–Crippen MR) is 133 cm³/mol. The summed E-state index contributed by atoms with van der Waals surface area (Å²) >= 11 is 0. The first-order chi connectivity index (χ1) is 16.3. The van der Waals surface area contributed by atoms with Crippen LogP contribution in [0.2, 0.25) is 0 Å². The molecule has 5 heteroatoms. The lowest BCUT2D eigenvalue weighted by Gasteiger charge is -2.25. The van der Waals surface area contributed by atoms with Crippen molar-refractivity contribution in [2.45, 2.75) is 70.7 Å². The zero-order valence-electron chi connectivity index (χ0n) is 20.3. The molecule has 4 bridgehead atoms. The van der Waals surface area contributed by atoms with Crippen molar-refractivity contribution in [3.8, 4) is 11.3 Å². The first kappa shape index (κ1) is 22.9. The molecule has 2 aliphatic heterocycles. The van der Waals surface area contributed by atoms with Crippen LogP contribution in [0.5, 0.6) is 0 Å². The third-order valence-electron chi connectivity index (χ3n) is 6.69. The van der Waals surface area contributed by atoms with Gasteiger partial charge < -0.3 is 4.74 Å². The van der Waals surface area contributed by atoms with E-state index in [1.54, 1.807) is 0 Å². The van der Waals surface area contributed by atoms with E-state index in [-0.39, 0.29) is 17.7 Å². The number of benzene rings is 2. The van der Waals surface area contributed by atoms with Crippen molar-refractivity contribution in [1.82, 2.24) is 14.9 Å². The van der Waals surface area contributed by atoms with Gasteiger partial charge in [0.05, 0.1) is 23.4 Å². The van der Waals surface area contributed by atoms with Crippen molar-refractivity contribution in [2.24, 2.45) is 0 Å². The van der Waals surface area contributed by atoms with Gasteiger partial charge in [0.2, 0.25) is 0 Å². The van der Waals surface area contributed by atoms with Gasteiger partial charge in [-0.05, 0) is 62.4 Å². The van der Waals surface area contributed by atoms with Crippen molar-refractivity contribution in [3.05, 3.63) is 83.3 Å². The second-order valence-corrected chi connectivity index (χ2v) is 10.5. The first-order valence-corrected chi connectivity index (χ1v) is 12.3. The standard InChI is InChI=1S/C29H33N3O2/c1-29(2,3)34-24-17-26-27(33)12-11-20-7-6-10-22(15-20)25-13-14-30-28(31-25)16-21-8-4-5-9-23(21)18-32(26)19-24/h4-10,13-15,24,26H,11-12,16-19H2,1-3H3/t24-,26+/m1/s1. The molecule has 5 nitrogen and oxygen atoms in total. The Labute approximate surface area is 202 Å². The molecule has 0 radical (unpaired) electrons. The maximum absolute atomic E-state index is 13.5. The number of aryl methyl sites for hydroxylation is 1. The van der Waals surface area contributed by atoms with Gasteiger partial charge in [-0.1, -0.05) is 42.5 Å². The molecule has 1 aromatic heterocycles. The molecule has 1 saturated heterocycles. The Morgan fingerprint density at radius 2 is 1.82 bits per heavy atom. The second-order valence-electron chi connectivity index (χ2n) is 10.5. The van der Waals surface area contributed by atoms with Crippen LogP contribution >= 0.6 is 0 Å². The highest BCUT2D eigenvalue weighted by Crippen LogP contribution is 2.29. The van der Waals surface area contributed by atoms with Crippen molar-refractivity contribution < 1.29 is 9.53 Å². The minimum atomic E-state index is -0.230. The van der Waals surface area contributed by atoms with Crippen LogP contribution < -0.4 is 0 Å². The lowest BCUT2D eigenvalue weighted by Crippen LogP contribution is -2.36. The fourth-order valence-corrected chi connectivity index (χ4v) is 5.20. The molecule has 0 aliphatic carbocycles. The third-order valence-corrected chi connectivity index (χ3v) is 6.69. The average Bonchev–Trinajstić information content (AvgIpc) is 3.19. The van der Waals surface area contributed by atoms with Crippen LogP contribution in [0.4, 0.5) is 0 Å². The Bertz CT molecular complexity index is 1180. The van der Waals surface area contributed by atoms with E-state index in [4.69, 9.17) is 9.72 Å². The molecule has 0 unspecified atom stereocenters. The molecule has 2 aromatic carbocycles. The Kier molecular flexibility index (Phi) is 6.32. The van der Waals surface area contributed by atoms with E-state index in [9.17, 15) is 4.79 Å². The van der Waals surface area contributed by atoms with Crippen LogP contribution in [0.3, 0.4) is 0 Å². The molecule has 3 heterocycles. The summed E-state index contributed by atoms with van der Waals surface area (Å²) in [4.78, 5) is 25.3. The number of carbonyl (C=O) groups is 1. The minimum Gasteiger partial charge on any atom is -0.371 e. The van der Waals surface area contributed by atoms with E-state index < -0.39 is 0 Å². The van der Waals surface area contributed by atoms with Crippen LogP contribution in [-0.2, 0) is 28.9 Å². The number of rotatable bonds is 1. The Hall–Kier alpha value is -2.89. The molecule has 176 valence electrons. The number of nitrogens with zero attached hydrogens (tertiary/aromatic N) is 3. The smallest absolute Gasteiger partial charge is 0.150 e. The van der Waals surface area contributed by atoms with Crippen molar-refractivity contribution >= 4 is 5.78 Å². The van der Waals surface area contributed by atoms with Crippen LogP contribution in [0.15, 0.2) is 60.8 Å². The van der Waals surface area contributed by atoms with E-state index in [1.807, 2.05) is 12.3 Å². The topological polar surface area (TPSA) is 55.3 Å². The molecule has 0 saturated carbocycles. The third kappa shape index (κ3) is 5.26. The minimum absolute atomic E-state index is 0.0586. The summed E-state index contributed by atoms with van der Waals surface area (Å²) in [5.41, 5.74) is 5.35. The fraction of sp³-hybridized carbons (Fsp3) is 0.414. The van der Waals surface area contributed by atoms with Crippen molar-refractivity contribution in [1.29, 1.82) is 0 Å². The molecular formula is C29H33N3O2. The highest BCUT2D eigenvalue weighted by atomic mass is 16.5. The number of hydrogen-bond donors (Lipinski definition) is 0. The zero-order valence-corrected chi connectivity index (χ0v) is 20.3. The molecule has 3 aromatic rings. The van der Waals surface area contributed by atoms with Gasteiger partial charge in [0.1, 0.15) is 11.6 Å². The summed E-state index contributed by atoms with van der Waals surface area (Å²) in [6.45, 7) is 7.75. The van der Waals surface area contributed by atoms with Crippen molar-refractivity contribution in [3.63, 3.8) is 0 Å². The molecule has 5 rings (SSSR count). The van der Waals surface area contributed by atoms with Crippen LogP contribution in [0.1, 0.15) is 56.1 Å². The van der Waals surface area contributed by atoms with E-state index in [0.29, 0.717) is 18.6 Å². The lowest BCUT2D eigenvalue weighted by molar-refractivity contribution is -0.123. The monoisotopic (exact) mass is 455 g/mol. The predicted octanol–water partition coefficient (Wildman–Crippen LogP) is 5.01. The van der Waals surface area contributed by atoms with E-state index >= 15 is 0 Å². The summed E-state index contributed by atoms with van der Waals surface area (Å²) in [6.07, 6.45) is 4.59. The number of fused-ring (bicyclic) bond motifs is 7. The molecule has 2 aliphatic rings. The number of ether oxygens (including phenoxy) is 1. The lowest BCUT2D eigenvalue weighted by atomic mass is 9.99. The molecule has 34 heavy (non-hydrogen) atoms. The maximum Gasteiger partial charge on any atom is 0.150 e. The van der Waals surface area contributed by atoms with E-state index in [2.05, 4.69) is 79.2 Å². The zero-order chi connectivity index (χ0) is 23.7. The number of hydrogen-bond acceptors (Lipinski definition) is 5. The van der Waals surface area contributed by atoms with Gasteiger partial charge in [-0.3, -0.25) is 9.69 Å². The summed E-state index contributed by atoms with van der Waals surface area (Å²) in [5, 5.41) is 0. The SMILES string of the molecule is CC(C)(C)O[C@@H]1C[C@H]2C(=O)CCc3cccc(c3)-c3ccnc(n3)Cc3ccccc3CN2C1.